The average molecular weight is 423 g/mol. The second kappa shape index (κ2) is 7.09. The monoisotopic (exact) mass is 422 g/mol. The van der Waals surface area contributed by atoms with Crippen molar-refractivity contribution >= 4 is 40.1 Å². The number of para-hydroxylation sites is 1. The Bertz CT molecular complexity index is 1240. The second-order valence-corrected chi connectivity index (χ2v) is 8.47. The highest BCUT2D eigenvalue weighted by atomic mass is 32.2. The van der Waals surface area contributed by atoms with Crippen LogP contribution in [0.5, 0.6) is 0 Å². The number of carbonyl (C=O) groups is 1. The van der Waals surface area contributed by atoms with E-state index in [9.17, 15) is 9.59 Å². The Morgan fingerprint density at radius 1 is 1.20 bits per heavy atom. The molecule has 1 saturated heterocycles. The number of anilines is 2. The summed E-state index contributed by atoms with van der Waals surface area (Å²) in [6.07, 6.45) is 5.60. The molecule has 2 aliphatic heterocycles. The number of nitrogens with zero attached hydrogens (tertiary/aromatic N) is 6. The molecule has 2 aromatic heterocycles. The third kappa shape index (κ3) is 2.79. The van der Waals surface area contributed by atoms with Gasteiger partial charge in [0, 0.05) is 32.4 Å². The summed E-state index contributed by atoms with van der Waals surface area (Å²) in [5, 5.41) is 1.17. The number of hydrogen-bond acceptors (Lipinski definition) is 7. The minimum absolute atomic E-state index is 0.113. The lowest BCUT2D eigenvalue weighted by atomic mass is 10.1. The molecular formula is C21H22N6O2S. The normalized spacial score (nSPS) is 18.5. The van der Waals surface area contributed by atoms with Crippen LogP contribution in [0.15, 0.2) is 34.3 Å². The van der Waals surface area contributed by atoms with Crippen molar-refractivity contribution in [3.63, 3.8) is 0 Å². The molecule has 1 atom stereocenters. The topological polar surface area (TPSA) is 84.2 Å². The first-order chi connectivity index (χ1) is 14.5. The number of aromatic nitrogens is 4. The molecule has 0 unspecified atom stereocenters. The molecule has 154 valence electrons. The third-order valence-electron chi connectivity index (χ3n) is 6.05. The van der Waals surface area contributed by atoms with Crippen LogP contribution in [0.25, 0.3) is 10.9 Å². The zero-order chi connectivity index (χ0) is 21.0. The number of carbonyl (C=O) groups excluding carboxylic acids is 1. The molecule has 1 amide bonds. The van der Waals surface area contributed by atoms with Crippen LogP contribution in [-0.4, -0.2) is 50.8 Å². The van der Waals surface area contributed by atoms with Gasteiger partial charge in [0.25, 0.3) is 11.5 Å². The van der Waals surface area contributed by atoms with Crippen LogP contribution < -0.4 is 15.4 Å². The van der Waals surface area contributed by atoms with Gasteiger partial charge in [0.2, 0.25) is 0 Å². The maximum Gasteiger partial charge on any atom is 0.263 e. The van der Waals surface area contributed by atoms with Crippen molar-refractivity contribution < 1.29 is 4.79 Å². The summed E-state index contributed by atoms with van der Waals surface area (Å²) in [4.78, 5) is 44.1. The Morgan fingerprint density at radius 2 is 2.03 bits per heavy atom. The highest BCUT2D eigenvalue weighted by Crippen LogP contribution is 2.35. The first kappa shape index (κ1) is 19.0. The highest BCUT2D eigenvalue weighted by Gasteiger charge is 2.38. The van der Waals surface area contributed by atoms with E-state index in [1.807, 2.05) is 18.4 Å². The van der Waals surface area contributed by atoms with Crippen LogP contribution in [0.2, 0.25) is 0 Å². The predicted octanol–water partition coefficient (Wildman–Crippen LogP) is 2.38. The van der Waals surface area contributed by atoms with Gasteiger partial charge in [0.15, 0.2) is 5.16 Å². The molecule has 8 nitrogen and oxygen atoms in total. The fourth-order valence-electron chi connectivity index (χ4n) is 4.38. The molecule has 0 spiro atoms. The van der Waals surface area contributed by atoms with Gasteiger partial charge in [-0.3, -0.25) is 14.2 Å². The Labute approximate surface area is 177 Å². The third-order valence-corrected chi connectivity index (χ3v) is 6.61. The summed E-state index contributed by atoms with van der Waals surface area (Å²) in [6.45, 7) is 3.20. The minimum atomic E-state index is -0.153. The van der Waals surface area contributed by atoms with Crippen LogP contribution in [0, 0.1) is 6.92 Å². The summed E-state index contributed by atoms with van der Waals surface area (Å²) in [7, 11) is 1.71. The van der Waals surface area contributed by atoms with E-state index in [0.29, 0.717) is 45.5 Å². The van der Waals surface area contributed by atoms with Crippen molar-refractivity contribution in [1.29, 1.82) is 0 Å². The maximum absolute atomic E-state index is 13.6. The SMILES string of the molecule is CSc1ncc2c(n1)N1CCC[C@H]1CN(c1cccc3c(=O)n(C)c(C)nc13)C2=O. The van der Waals surface area contributed by atoms with E-state index in [4.69, 9.17) is 0 Å². The van der Waals surface area contributed by atoms with Gasteiger partial charge in [-0.25, -0.2) is 15.0 Å². The first-order valence-electron chi connectivity index (χ1n) is 9.95. The first-order valence-corrected chi connectivity index (χ1v) is 11.2. The highest BCUT2D eigenvalue weighted by molar-refractivity contribution is 7.98. The van der Waals surface area contributed by atoms with Crippen molar-refractivity contribution in [2.45, 2.75) is 31.0 Å². The van der Waals surface area contributed by atoms with E-state index in [0.717, 1.165) is 19.4 Å². The number of amides is 1. The van der Waals surface area contributed by atoms with Crippen molar-refractivity contribution in [2.24, 2.45) is 7.05 Å². The maximum atomic E-state index is 13.6. The molecule has 0 radical (unpaired) electrons. The van der Waals surface area contributed by atoms with Gasteiger partial charge in [0.1, 0.15) is 22.7 Å². The van der Waals surface area contributed by atoms with Crippen molar-refractivity contribution in [2.75, 3.05) is 29.1 Å². The molecule has 5 rings (SSSR count). The van der Waals surface area contributed by atoms with Crippen LogP contribution >= 0.6 is 11.8 Å². The lowest BCUT2D eigenvalue weighted by Gasteiger charge is -2.27. The summed E-state index contributed by atoms with van der Waals surface area (Å²) < 4.78 is 1.53. The molecule has 3 aromatic rings. The van der Waals surface area contributed by atoms with Gasteiger partial charge in [-0.05, 0) is 38.2 Å². The Kier molecular flexibility index (Phi) is 4.50. The van der Waals surface area contributed by atoms with E-state index in [1.165, 1.54) is 16.3 Å². The molecule has 4 heterocycles. The van der Waals surface area contributed by atoms with Crippen LogP contribution in [0.3, 0.4) is 0 Å². The Balaban J connectivity index is 1.72. The lowest BCUT2D eigenvalue weighted by Crippen LogP contribution is -2.40. The molecule has 1 fully saturated rings. The van der Waals surface area contributed by atoms with Crippen LogP contribution in [0.4, 0.5) is 11.5 Å². The number of hydrogen-bond donors (Lipinski definition) is 0. The summed E-state index contributed by atoms with van der Waals surface area (Å²) in [5.41, 5.74) is 1.60. The second-order valence-electron chi connectivity index (χ2n) is 7.70. The summed E-state index contributed by atoms with van der Waals surface area (Å²) >= 11 is 1.47. The fraction of sp³-hybridized carbons (Fsp3) is 0.381. The number of thioether (sulfide) groups is 1. The molecule has 0 saturated carbocycles. The van der Waals surface area contributed by atoms with Gasteiger partial charge in [-0.1, -0.05) is 17.8 Å². The zero-order valence-electron chi connectivity index (χ0n) is 17.1. The van der Waals surface area contributed by atoms with Gasteiger partial charge in [-0.2, -0.15) is 0 Å². The molecule has 0 N–H and O–H groups in total. The molecular weight excluding hydrogens is 400 g/mol. The molecule has 9 heteroatoms. The Hall–Kier alpha value is -2.94. The van der Waals surface area contributed by atoms with E-state index >= 15 is 0 Å². The predicted molar refractivity (Wildman–Crippen MR) is 118 cm³/mol. The average Bonchev–Trinajstić information content (AvgIpc) is 3.19. The lowest BCUT2D eigenvalue weighted by molar-refractivity contribution is 0.0988. The van der Waals surface area contributed by atoms with Gasteiger partial charge in [0.05, 0.1) is 11.1 Å². The van der Waals surface area contributed by atoms with Crippen molar-refractivity contribution in [1.82, 2.24) is 19.5 Å². The quantitative estimate of drug-likeness (QED) is 0.463. The minimum Gasteiger partial charge on any atom is -0.351 e. The number of rotatable bonds is 2. The molecule has 2 aliphatic rings. The van der Waals surface area contributed by atoms with Gasteiger partial charge >= 0.3 is 0 Å². The van der Waals surface area contributed by atoms with Gasteiger partial charge < -0.3 is 9.80 Å². The zero-order valence-corrected chi connectivity index (χ0v) is 17.9. The van der Waals surface area contributed by atoms with Crippen LogP contribution in [-0.2, 0) is 7.05 Å². The summed E-state index contributed by atoms with van der Waals surface area (Å²) in [5.74, 6) is 1.17. The Morgan fingerprint density at radius 3 is 2.83 bits per heavy atom. The number of benzene rings is 1. The van der Waals surface area contributed by atoms with E-state index in [1.54, 1.807) is 31.1 Å². The van der Waals surface area contributed by atoms with Crippen molar-refractivity contribution in [3.8, 4) is 0 Å². The van der Waals surface area contributed by atoms with Gasteiger partial charge in [-0.15, -0.1) is 0 Å². The summed E-state index contributed by atoms with van der Waals surface area (Å²) in [6, 6.07) is 5.62. The molecule has 30 heavy (non-hydrogen) atoms. The van der Waals surface area contributed by atoms with E-state index < -0.39 is 0 Å². The number of aryl methyl sites for hydroxylation is 1. The van der Waals surface area contributed by atoms with E-state index in [-0.39, 0.29) is 17.5 Å². The largest absolute Gasteiger partial charge is 0.351 e. The molecule has 0 aliphatic carbocycles. The van der Waals surface area contributed by atoms with Crippen LogP contribution in [0.1, 0.15) is 29.0 Å². The van der Waals surface area contributed by atoms with Crippen molar-refractivity contribution in [3.05, 3.63) is 46.1 Å². The standard InChI is InChI=1S/C21H22N6O2S/c1-12-23-17-14(19(28)25(12)2)7-4-8-16(17)27-11-13-6-5-9-26(13)18-15(20(27)29)10-22-21(24-18)30-3/h4,7-8,10,13H,5-6,9,11H2,1-3H3/t13-/m0/s1. The number of fused-ring (bicyclic) bond motifs is 4. The molecule has 1 aromatic carbocycles. The smallest absolute Gasteiger partial charge is 0.263 e. The molecule has 0 bridgehead atoms. The fourth-order valence-corrected chi connectivity index (χ4v) is 4.72. The van der Waals surface area contributed by atoms with E-state index in [2.05, 4.69) is 19.9 Å².